The first-order chi connectivity index (χ1) is 13.2. The van der Waals surface area contributed by atoms with Gasteiger partial charge in [-0.2, -0.15) is 4.40 Å². The Labute approximate surface area is 158 Å². The van der Waals surface area contributed by atoms with Crippen LogP contribution in [-0.4, -0.2) is 9.55 Å². The molecule has 0 spiro atoms. The Morgan fingerprint density at radius 2 is 1.81 bits per heavy atom. The molecule has 0 aliphatic carbocycles. The Bertz CT molecular complexity index is 1360. The molecule has 0 aliphatic rings. The fraction of sp³-hybridized carbons (Fsp3) is 0.250. The summed E-state index contributed by atoms with van der Waals surface area (Å²) in [4.78, 5) is 4.85. The fourth-order valence-corrected chi connectivity index (χ4v) is 4.52. The molecule has 3 aromatic heterocycles. The summed E-state index contributed by atoms with van der Waals surface area (Å²) in [7, 11) is 2.18. The Hall–Kier alpha value is -2.94. The minimum atomic E-state index is 0.999. The number of aryl methyl sites for hydroxylation is 4. The van der Waals surface area contributed by atoms with E-state index >= 15 is 0 Å². The third kappa shape index (κ3) is 2.08. The van der Waals surface area contributed by atoms with E-state index in [1.807, 2.05) is 6.20 Å². The topological polar surface area (TPSA) is 21.9 Å². The molecule has 0 N–H and O–H groups in total. The highest BCUT2D eigenvalue weighted by Gasteiger charge is 2.25. The van der Waals surface area contributed by atoms with Gasteiger partial charge in [-0.05, 0) is 60.7 Å². The molecule has 5 aromatic rings. The molecule has 5 rings (SSSR count). The van der Waals surface area contributed by atoms with Crippen LogP contribution in [0.2, 0.25) is 0 Å². The van der Waals surface area contributed by atoms with Crippen molar-refractivity contribution in [2.75, 3.05) is 0 Å². The van der Waals surface area contributed by atoms with Crippen molar-refractivity contribution in [2.24, 2.45) is 7.05 Å². The van der Waals surface area contributed by atoms with Crippen molar-refractivity contribution >= 4 is 38.5 Å². The van der Waals surface area contributed by atoms with Crippen LogP contribution in [0.25, 0.3) is 38.5 Å². The molecular weight excluding hydrogens is 330 g/mol. The van der Waals surface area contributed by atoms with Crippen LogP contribution in [0.3, 0.4) is 0 Å². The van der Waals surface area contributed by atoms with E-state index in [1.165, 1.54) is 49.7 Å². The maximum atomic E-state index is 4.85. The van der Waals surface area contributed by atoms with E-state index in [9.17, 15) is 0 Å². The van der Waals surface area contributed by atoms with Crippen LogP contribution in [0.15, 0.2) is 48.7 Å². The minimum Gasteiger partial charge on any atom is -0.255 e. The van der Waals surface area contributed by atoms with Crippen molar-refractivity contribution in [1.82, 2.24) is 9.55 Å². The van der Waals surface area contributed by atoms with E-state index in [1.54, 1.807) is 0 Å². The fourth-order valence-electron chi connectivity index (χ4n) is 4.52. The van der Waals surface area contributed by atoms with E-state index in [0.717, 1.165) is 18.4 Å². The second kappa shape index (κ2) is 5.78. The molecule has 134 valence electrons. The van der Waals surface area contributed by atoms with Crippen molar-refractivity contribution in [3.63, 3.8) is 0 Å². The first kappa shape index (κ1) is 16.2. The Balaban J connectivity index is 2.20. The zero-order valence-corrected chi connectivity index (χ0v) is 16.4. The van der Waals surface area contributed by atoms with E-state index in [-0.39, 0.29) is 0 Å². The molecular formula is C24H24N3+. The summed E-state index contributed by atoms with van der Waals surface area (Å²) >= 11 is 0. The van der Waals surface area contributed by atoms with Crippen molar-refractivity contribution in [3.05, 3.63) is 65.4 Å². The molecule has 3 heteroatoms. The number of imidazole rings is 1. The number of hydrogen-bond donors (Lipinski definition) is 0. The van der Waals surface area contributed by atoms with Crippen molar-refractivity contribution in [1.29, 1.82) is 0 Å². The van der Waals surface area contributed by atoms with E-state index in [0.29, 0.717) is 0 Å². The molecule has 0 amide bonds. The second-order valence-corrected chi connectivity index (χ2v) is 7.41. The lowest BCUT2D eigenvalue weighted by Crippen LogP contribution is -2.23. The van der Waals surface area contributed by atoms with E-state index in [2.05, 4.69) is 79.3 Å². The molecule has 0 saturated heterocycles. The molecule has 27 heavy (non-hydrogen) atoms. The van der Waals surface area contributed by atoms with Crippen LogP contribution in [0.4, 0.5) is 0 Å². The molecule has 0 unspecified atom stereocenters. The number of pyridine rings is 2. The van der Waals surface area contributed by atoms with Crippen molar-refractivity contribution in [2.45, 2.75) is 33.6 Å². The third-order valence-electron chi connectivity index (χ3n) is 5.95. The van der Waals surface area contributed by atoms with E-state index in [4.69, 9.17) is 4.98 Å². The Morgan fingerprint density at radius 1 is 0.963 bits per heavy atom. The van der Waals surface area contributed by atoms with Gasteiger partial charge in [0.2, 0.25) is 0 Å². The third-order valence-corrected chi connectivity index (χ3v) is 5.95. The maximum Gasteiger partial charge on any atom is 0.297 e. The van der Waals surface area contributed by atoms with Crippen molar-refractivity contribution in [3.8, 4) is 0 Å². The molecule has 2 aromatic carbocycles. The Morgan fingerprint density at radius 3 is 2.59 bits per heavy atom. The van der Waals surface area contributed by atoms with Crippen LogP contribution in [-0.2, 0) is 19.9 Å². The monoisotopic (exact) mass is 354 g/mol. The molecule has 0 saturated carbocycles. The lowest BCUT2D eigenvalue weighted by Gasteiger charge is -2.09. The Kier molecular flexibility index (Phi) is 3.48. The number of fused-ring (bicyclic) bond motifs is 8. The lowest BCUT2D eigenvalue weighted by atomic mass is 10.0. The number of aromatic nitrogens is 3. The van der Waals surface area contributed by atoms with Gasteiger partial charge < -0.3 is 0 Å². The molecule has 3 heterocycles. The average molecular weight is 354 g/mol. The van der Waals surface area contributed by atoms with Crippen molar-refractivity contribution < 1.29 is 4.40 Å². The predicted octanol–water partition coefficient (Wildman–Crippen LogP) is 5.05. The average Bonchev–Trinajstić information content (AvgIpc) is 3.00. The van der Waals surface area contributed by atoms with Crippen LogP contribution < -0.4 is 4.40 Å². The van der Waals surface area contributed by atoms with E-state index < -0.39 is 0 Å². The van der Waals surface area contributed by atoms with Gasteiger partial charge in [-0.1, -0.05) is 32.0 Å². The summed E-state index contributed by atoms with van der Waals surface area (Å²) in [6.45, 7) is 6.63. The van der Waals surface area contributed by atoms with Gasteiger partial charge in [-0.3, -0.25) is 4.98 Å². The summed E-state index contributed by atoms with van der Waals surface area (Å²) in [6, 6.07) is 15.6. The molecule has 3 nitrogen and oxygen atoms in total. The van der Waals surface area contributed by atoms with Gasteiger partial charge in [0.15, 0.2) is 11.0 Å². The first-order valence-electron chi connectivity index (χ1n) is 9.77. The van der Waals surface area contributed by atoms with Gasteiger partial charge in [-0.15, -0.1) is 0 Å². The second-order valence-electron chi connectivity index (χ2n) is 7.41. The van der Waals surface area contributed by atoms with Gasteiger partial charge in [0.1, 0.15) is 5.52 Å². The summed E-state index contributed by atoms with van der Waals surface area (Å²) in [5, 5.41) is 2.53. The van der Waals surface area contributed by atoms with Crippen LogP contribution in [0.5, 0.6) is 0 Å². The highest BCUT2D eigenvalue weighted by atomic mass is 15.1. The highest BCUT2D eigenvalue weighted by molar-refractivity contribution is 6.10. The minimum absolute atomic E-state index is 0.999. The summed E-state index contributed by atoms with van der Waals surface area (Å²) in [5.41, 5.74) is 10.1. The van der Waals surface area contributed by atoms with Crippen LogP contribution in [0.1, 0.15) is 30.5 Å². The quantitative estimate of drug-likeness (QED) is 0.321. The van der Waals surface area contributed by atoms with Gasteiger partial charge in [0, 0.05) is 6.20 Å². The smallest absolute Gasteiger partial charge is 0.255 e. The van der Waals surface area contributed by atoms with Crippen LogP contribution in [0, 0.1) is 6.92 Å². The standard InChI is InChI=1S/C24H24N3/c1-5-16-10-11-18-20(14-16)26(4)24-21-15(3)12-13-25-23(21)22-17(6-2)8-7-9-19(22)27(18)24/h7-14H,5-6H2,1-4H3/q+1. The number of rotatable bonds is 2. The molecule has 0 fully saturated rings. The number of benzene rings is 2. The number of nitrogens with zero attached hydrogens (tertiary/aromatic N) is 3. The van der Waals surface area contributed by atoms with Crippen LogP contribution >= 0.6 is 0 Å². The number of hydrogen-bond acceptors (Lipinski definition) is 1. The maximum absolute atomic E-state index is 4.85. The SMILES string of the molecule is CCc1ccc2c(c1)n(C)c1c3c(C)ccnc3c3c(CC)cccc3[n+]21. The zero-order valence-electron chi connectivity index (χ0n) is 16.4. The van der Waals surface area contributed by atoms with Gasteiger partial charge in [-0.25, -0.2) is 4.57 Å². The molecule has 0 aliphatic heterocycles. The zero-order chi connectivity index (χ0) is 18.7. The summed E-state index contributed by atoms with van der Waals surface area (Å²) in [6.07, 6.45) is 3.99. The highest BCUT2D eigenvalue weighted by Crippen LogP contribution is 2.32. The largest absolute Gasteiger partial charge is 0.297 e. The van der Waals surface area contributed by atoms with Gasteiger partial charge >= 0.3 is 0 Å². The van der Waals surface area contributed by atoms with Gasteiger partial charge in [0.25, 0.3) is 5.65 Å². The van der Waals surface area contributed by atoms with Gasteiger partial charge in [0.05, 0.1) is 23.3 Å². The molecule has 0 atom stereocenters. The molecule has 0 radical (unpaired) electrons. The lowest BCUT2D eigenvalue weighted by molar-refractivity contribution is -0.449. The summed E-state index contributed by atoms with van der Waals surface area (Å²) < 4.78 is 4.77. The first-order valence-corrected chi connectivity index (χ1v) is 9.77. The normalized spacial score (nSPS) is 12.0. The summed E-state index contributed by atoms with van der Waals surface area (Å²) in [5.74, 6) is 0. The predicted molar refractivity (Wildman–Crippen MR) is 112 cm³/mol. The molecule has 0 bridgehead atoms.